The second-order valence-electron chi connectivity index (χ2n) is 4.71. The van der Waals surface area contributed by atoms with E-state index >= 15 is 0 Å². The largest absolute Gasteiger partial charge is 0.384 e. The van der Waals surface area contributed by atoms with Crippen LogP contribution < -0.4 is 4.90 Å². The SMILES string of the molecule is COCC1CCN(c2ccc(C=O)cc2F)CC1. The normalized spacial score (nSPS) is 16.9. The topological polar surface area (TPSA) is 29.5 Å². The molecule has 3 nitrogen and oxygen atoms in total. The molecule has 0 radical (unpaired) electrons. The summed E-state index contributed by atoms with van der Waals surface area (Å²) in [4.78, 5) is 12.6. The van der Waals surface area contributed by atoms with Crippen molar-refractivity contribution in [3.8, 4) is 0 Å². The molecule has 0 saturated carbocycles. The summed E-state index contributed by atoms with van der Waals surface area (Å²) in [5, 5.41) is 0. The van der Waals surface area contributed by atoms with Gasteiger partial charge in [0.05, 0.1) is 5.69 Å². The third kappa shape index (κ3) is 2.88. The lowest BCUT2D eigenvalue weighted by Crippen LogP contribution is -2.35. The van der Waals surface area contributed by atoms with Crippen molar-refractivity contribution in [2.45, 2.75) is 12.8 Å². The Morgan fingerprint density at radius 2 is 2.17 bits per heavy atom. The molecular weight excluding hydrogens is 233 g/mol. The number of carbonyl (C=O) groups excluding carboxylic acids is 1. The van der Waals surface area contributed by atoms with Gasteiger partial charge in [-0.05, 0) is 37.0 Å². The molecular formula is C14H18FNO2. The molecule has 0 spiro atoms. The number of halogens is 1. The van der Waals surface area contributed by atoms with Crippen LogP contribution in [0.15, 0.2) is 18.2 Å². The molecule has 0 atom stereocenters. The number of carbonyl (C=O) groups is 1. The van der Waals surface area contributed by atoms with Gasteiger partial charge < -0.3 is 9.64 Å². The van der Waals surface area contributed by atoms with Crippen molar-refractivity contribution in [2.24, 2.45) is 5.92 Å². The van der Waals surface area contributed by atoms with E-state index in [0.29, 0.717) is 23.5 Å². The molecule has 1 saturated heterocycles. The van der Waals surface area contributed by atoms with Crippen molar-refractivity contribution < 1.29 is 13.9 Å². The summed E-state index contributed by atoms with van der Waals surface area (Å²) in [5.41, 5.74) is 0.974. The Labute approximate surface area is 107 Å². The van der Waals surface area contributed by atoms with E-state index in [0.717, 1.165) is 32.5 Å². The maximum Gasteiger partial charge on any atom is 0.150 e. The van der Waals surface area contributed by atoms with E-state index in [1.165, 1.54) is 6.07 Å². The van der Waals surface area contributed by atoms with E-state index in [2.05, 4.69) is 0 Å². The van der Waals surface area contributed by atoms with E-state index in [9.17, 15) is 9.18 Å². The standard InChI is InChI=1S/C14H18FNO2/c1-18-10-11-4-6-16(7-5-11)14-3-2-12(9-17)8-13(14)15/h2-3,8-9,11H,4-7,10H2,1H3. The van der Waals surface area contributed by atoms with Crippen molar-refractivity contribution in [1.29, 1.82) is 0 Å². The Morgan fingerprint density at radius 1 is 1.44 bits per heavy atom. The van der Waals surface area contributed by atoms with Crippen molar-refractivity contribution in [1.82, 2.24) is 0 Å². The number of hydrogen-bond donors (Lipinski definition) is 0. The maximum atomic E-state index is 13.8. The molecule has 4 heteroatoms. The Bertz CT molecular complexity index is 414. The minimum atomic E-state index is -0.315. The number of methoxy groups -OCH3 is 1. The van der Waals surface area contributed by atoms with Crippen LogP contribution in [0, 0.1) is 11.7 Å². The third-order valence-corrected chi connectivity index (χ3v) is 3.47. The summed E-state index contributed by atoms with van der Waals surface area (Å²) in [6.45, 7) is 2.46. The number of benzene rings is 1. The fourth-order valence-electron chi connectivity index (χ4n) is 2.43. The van der Waals surface area contributed by atoms with Crippen LogP contribution in [0.25, 0.3) is 0 Å². The van der Waals surface area contributed by atoms with Gasteiger partial charge in [0.25, 0.3) is 0 Å². The first-order valence-electron chi connectivity index (χ1n) is 6.23. The van der Waals surface area contributed by atoms with Gasteiger partial charge in [0.1, 0.15) is 12.1 Å². The number of rotatable bonds is 4. The highest BCUT2D eigenvalue weighted by molar-refractivity contribution is 5.76. The van der Waals surface area contributed by atoms with E-state index in [1.807, 2.05) is 4.90 Å². The highest BCUT2D eigenvalue weighted by atomic mass is 19.1. The zero-order valence-electron chi connectivity index (χ0n) is 10.6. The highest BCUT2D eigenvalue weighted by Crippen LogP contribution is 2.26. The zero-order valence-corrected chi connectivity index (χ0v) is 10.6. The van der Waals surface area contributed by atoms with Gasteiger partial charge in [0, 0.05) is 32.4 Å². The number of nitrogens with zero attached hydrogens (tertiary/aromatic N) is 1. The smallest absolute Gasteiger partial charge is 0.150 e. The van der Waals surface area contributed by atoms with E-state index in [-0.39, 0.29) is 5.82 Å². The van der Waals surface area contributed by atoms with Crippen molar-refractivity contribution in [3.05, 3.63) is 29.6 Å². The molecule has 1 aromatic carbocycles. The minimum Gasteiger partial charge on any atom is -0.384 e. The fraction of sp³-hybridized carbons (Fsp3) is 0.500. The summed E-state index contributed by atoms with van der Waals surface area (Å²) in [5.74, 6) is 0.258. The monoisotopic (exact) mass is 251 g/mol. The first-order valence-corrected chi connectivity index (χ1v) is 6.23. The minimum absolute atomic E-state index is 0.315. The number of hydrogen-bond acceptors (Lipinski definition) is 3. The Balaban J connectivity index is 2.03. The van der Waals surface area contributed by atoms with Crippen LogP contribution in [0.2, 0.25) is 0 Å². The van der Waals surface area contributed by atoms with E-state index in [4.69, 9.17) is 4.74 Å². The van der Waals surface area contributed by atoms with Crippen LogP contribution in [0.4, 0.5) is 10.1 Å². The van der Waals surface area contributed by atoms with Crippen LogP contribution in [0.5, 0.6) is 0 Å². The Kier molecular flexibility index (Phi) is 4.31. The molecule has 0 unspecified atom stereocenters. The van der Waals surface area contributed by atoms with Crippen LogP contribution >= 0.6 is 0 Å². The number of ether oxygens (including phenoxy) is 1. The molecule has 0 aliphatic carbocycles. The van der Waals surface area contributed by atoms with Crippen LogP contribution in [-0.4, -0.2) is 33.1 Å². The van der Waals surface area contributed by atoms with Gasteiger partial charge in [-0.3, -0.25) is 4.79 Å². The number of aldehydes is 1. The highest BCUT2D eigenvalue weighted by Gasteiger charge is 2.21. The van der Waals surface area contributed by atoms with Gasteiger partial charge in [0.2, 0.25) is 0 Å². The predicted octanol–water partition coefficient (Wildman–Crippen LogP) is 2.50. The second kappa shape index (κ2) is 5.96. The molecule has 0 bridgehead atoms. The molecule has 2 rings (SSSR count). The summed E-state index contributed by atoms with van der Waals surface area (Å²) < 4.78 is 19.0. The Morgan fingerprint density at radius 3 is 2.72 bits per heavy atom. The molecule has 1 aromatic rings. The first-order chi connectivity index (χ1) is 8.74. The molecule has 98 valence electrons. The summed E-state index contributed by atoms with van der Waals surface area (Å²) in [6, 6.07) is 4.64. The lowest BCUT2D eigenvalue weighted by Gasteiger charge is -2.33. The van der Waals surface area contributed by atoms with Gasteiger partial charge in [-0.2, -0.15) is 0 Å². The van der Waals surface area contributed by atoms with Gasteiger partial charge in [0.15, 0.2) is 0 Å². The van der Waals surface area contributed by atoms with Crippen LogP contribution in [0.1, 0.15) is 23.2 Å². The molecule has 1 aliphatic heterocycles. The summed E-state index contributed by atoms with van der Waals surface area (Å²) >= 11 is 0. The Hall–Kier alpha value is -1.42. The molecule has 0 aromatic heterocycles. The van der Waals surface area contributed by atoms with Gasteiger partial charge in [-0.15, -0.1) is 0 Å². The van der Waals surface area contributed by atoms with Gasteiger partial charge in [-0.1, -0.05) is 0 Å². The summed E-state index contributed by atoms with van der Waals surface area (Å²) in [7, 11) is 1.71. The molecule has 1 aliphatic rings. The molecule has 1 heterocycles. The average molecular weight is 251 g/mol. The van der Waals surface area contributed by atoms with E-state index in [1.54, 1.807) is 19.2 Å². The molecule has 18 heavy (non-hydrogen) atoms. The van der Waals surface area contributed by atoms with E-state index < -0.39 is 0 Å². The maximum absolute atomic E-state index is 13.8. The van der Waals surface area contributed by atoms with Gasteiger partial charge >= 0.3 is 0 Å². The number of anilines is 1. The van der Waals surface area contributed by atoms with Gasteiger partial charge in [-0.25, -0.2) is 4.39 Å². The summed E-state index contributed by atoms with van der Waals surface area (Å²) in [6.07, 6.45) is 2.70. The van der Waals surface area contributed by atoms with Crippen LogP contribution in [0.3, 0.4) is 0 Å². The average Bonchev–Trinajstić information content (AvgIpc) is 2.40. The molecule has 1 fully saturated rings. The molecule has 0 N–H and O–H groups in total. The zero-order chi connectivity index (χ0) is 13.0. The second-order valence-corrected chi connectivity index (χ2v) is 4.71. The van der Waals surface area contributed by atoms with Crippen molar-refractivity contribution >= 4 is 12.0 Å². The van der Waals surface area contributed by atoms with Crippen molar-refractivity contribution in [3.63, 3.8) is 0 Å². The first kappa shape index (κ1) is 13.0. The fourth-order valence-corrected chi connectivity index (χ4v) is 2.43. The predicted molar refractivity (Wildman–Crippen MR) is 68.6 cm³/mol. The van der Waals surface area contributed by atoms with Crippen molar-refractivity contribution in [2.75, 3.05) is 31.7 Å². The number of piperidine rings is 1. The lowest BCUT2D eigenvalue weighted by atomic mass is 9.97. The van der Waals surface area contributed by atoms with Crippen LogP contribution in [-0.2, 0) is 4.74 Å². The molecule has 0 amide bonds. The lowest BCUT2D eigenvalue weighted by molar-refractivity contribution is 0.112. The third-order valence-electron chi connectivity index (χ3n) is 3.47. The quantitative estimate of drug-likeness (QED) is 0.770.